The van der Waals surface area contributed by atoms with Gasteiger partial charge in [-0.2, -0.15) is 0 Å². The average molecular weight is 254 g/mol. The van der Waals surface area contributed by atoms with Crippen molar-refractivity contribution in [2.75, 3.05) is 0 Å². The largest absolute Gasteiger partial charge is 0.388 e. The van der Waals surface area contributed by atoms with E-state index in [-0.39, 0.29) is 5.56 Å². The molecule has 1 nitrogen and oxygen atoms in total. The van der Waals surface area contributed by atoms with Crippen LogP contribution < -0.4 is 0 Å². The Hall–Kier alpha value is -0.960. The van der Waals surface area contributed by atoms with Crippen molar-refractivity contribution in [1.29, 1.82) is 0 Å². The normalized spacial score (nSPS) is 19.5. The van der Waals surface area contributed by atoms with Crippen LogP contribution in [0.4, 0.5) is 8.78 Å². The molecule has 18 heavy (non-hydrogen) atoms. The highest BCUT2D eigenvalue weighted by Crippen LogP contribution is 2.31. The van der Waals surface area contributed by atoms with E-state index in [9.17, 15) is 13.9 Å². The van der Waals surface area contributed by atoms with Crippen molar-refractivity contribution in [3.63, 3.8) is 0 Å². The lowest BCUT2D eigenvalue weighted by Crippen LogP contribution is -2.08. The van der Waals surface area contributed by atoms with Gasteiger partial charge >= 0.3 is 0 Å². The molecule has 1 aromatic carbocycles. The quantitative estimate of drug-likeness (QED) is 0.795. The molecule has 0 bridgehead atoms. The van der Waals surface area contributed by atoms with Crippen molar-refractivity contribution < 1.29 is 13.9 Å². The summed E-state index contributed by atoms with van der Waals surface area (Å²) in [6.07, 6.45) is 6.91. The summed E-state index contributed by atoms with van der Waals surface area (Å²) in [5, 5.41) is 10.1. The van der Waals surface area contributed by atoms with Crippen LogP contribution in [0.15, 0.2) is 18.2 Å². The van der Waals surface area contributed by atoms with Crippen molar-refractivity contribution in [3.8, 4) is 0 Å². The van der Waals surface area contributed by atoms with Crippen LogP contribution >= 0.6 is 0 Å². The van der Waals surface area contributed by atoms with E-state index in [1.807, 2.05) is 0 Å². The lowest BCUT2D eigenvalue weighted by Gasteiger charge is -2.19. The molecule has 0 aliphatic heterocycles. The van der Waals surface area contributed by atoms with E-state index < -0.39 is 17.7 Å². The molecule has 1 aromatic rings. The molecule has 0 aromatic heterocycles. The Morgan fingerprint density at radius 3 is 2.39 bits per heavy atom. The molecule has 0 heterocycles. The van der Waals surface area contributed by atoms with Gasteiger partial charge in [0, 0.05) is 11.6 Å². The van der Waals surface area contributed by atoms with Gasteiger partial charge in [0.2, 0.25) is 0 Å². The summed E-state index contributed by atoms with van der Waals surface area (Å²) in [6.45, 7) is 0. The van der Waals surface area contributed by atoms with Gasteiger partial charge in [0.05, 0.1) is 6.10 Å². The van der Waals surface area contributed by atoms with Crippen molar-refractivity contribution in [1.82, 2.24) is 0 Å². The van der Waals surface area contributed by atoms with E-state index in [1.54, 1.807) is 0 Å². The molecule has 0 saturated heterocycles. The molecule has 1 saturated carbocycles. The van der Waals surface area contributed by atoms with Gasteiger partial charge in [-0.05, 0) is 18.4 Å². The maximum atomic E-state index is 13.5. The summed E-state index contributed by atoms with van der Waals surface area (Å²) in [5.74, 6) is -0.777. The highest BCUT2D eigenvalue weighted by atomic mass is 19.1. The van der Waals surface area contributed by atoms with E-state index in [1.165, 1.54) is 37.8 Å². The monoisotopic (exact) mass is 254 g/mol. The first-order valence-electron chi connectivity index (χ1n) is 6.80. The van der Waals surface area contributed by atoms with E-state index >= 15 is 0 Å². The average Bonchev–Trinajstić information content (AvgIpc) is 2.57. The van der Waals surface area contributed by atoms with Crippen molar-refractivity contribution in [2.24, 2.45) is 5.92 Å². The fourth-order valence-corrected chi connectivity index (χ4v) is 2.81. The molecule has 1 aliphatic rings. The minimum absolute atomic E-state index is 0.223. The second-order valence-corrected chi connectivity index (χ2v) is 5.27. The van der Waals surface area contributed by atoms with Crippen LogP contribution in [-0.2, 0) is 0 Å². The van der Waals surface area contributed by atoms with Crippen molar-refractivity contribution in [2.45, 2.75) is 51.0 Å². The molecule has 2 rings (SSSR count). The minimum atomic E-state index is -0.811. The van der Waals surface area contributed by atoms with Gasteiger partial charge < -0.3 is 5.11 Å². The Morgan fingerprint density at radius 1 is 1.11 bits per heavy atom. The Kier molecular flexibility index (Phi) is 4.70. The van der Waals surface area contributed by atoms with E-state index in [4.69, 9.17) is 0 Å². The molecule has 1 aliphatic carbocycles. The summed E-state index contributed by atoms with van der Waals surface area (Å²) in [5.41, 5.74) is 0.223. The molecule has 1 fully saturated rings. The van der Waals surface area contributed by atoms with Crippen molar-refractivity contribution in [3.05, 3.63) is 35.4 Å². The molecule has 0 amide bonds. The first-order chi connectivity index (χ1) is 8.66. The van der Waals surface area contributed by atoms with Gasteiger partial charge in [-0.1, -0.05) is 44.6 Å². The van der Waals surface area contributed by atoms with Crippen molar-refractivity contribution >= 4 is 0 Å². The predicted molar refractivity (Wildman–Crippen MR) is 67.1 cm³/mol. The lowest BCUT2D eigenvalue weighted by molar-refractivity contribution is 0.135. The standard InChI is InChI=1S/C15H20F2O/c16-12-7-8-13(14(17)10-12)15(18)9-11-5-3-1-2-4-6-11/h7-8,10-11,15,18H,1-6,9H2. The van der Waals surface area contributed by atoms with Crippen LogP contribution in [0.2, 0.25) is 0 Å². The first kappa shape index (κ1) is 13.5. The number of benzene rings is 1. The number of hydrogen-bond donors (Lipinski definition) is 1. The zero-order chi connectivity index (χ0) is 13.0. The Labute approximate surface area is 107 Å². The van der Waals surface area contributed by atoms with Crippen LogP contribution in [0.5, 0.6) is 0 Å². The van der Waals surface area contributed by atoms with Gasteiger partial charge in [0.25, 0.3) is 0 Å². The highest BCUT2D eigenvalue weighted by molar-refractivity contribution is 5.20. The van der Waals surface area contributed by atoms with Gasteiger partial charge in [-0.15, -0.1) is 0 Å². The zero-order valence-corrected chi connectivity index (χ0v) is 10.5. The Morgan fingerprint density at radius 2 is 1.78 bits per heavy atom. The van der Waals surface area contributed by atoms with E-state index in [0.717, 1.165) is 18.9 Å². The van der Waals surface area contributed by atoms with Crippen LogP contribution in [0.1, 0.15) is 56.6 Å². The Balaban J connectivity index is 1.99. The fraction of sp³-hybridized carbons (Fsp3) is 0.600. The molecule has 1 atom stereocenters. The maximum Gasteiger partial charge on any atom is 0.131 e. The van der Waals surface area contributed by atoms with Crippen LogP contribution in [0, 0.1) is 17.6 Å². The van der Waals surface area contributed by atoms with Gasteiger partial charge in [0.15, 0.2) is 0 Å². The fourth-order valence-electron chi connectivity index (χ4n) is 2.81. The van der Waals surface area contributed by atoms with Crippen LogP contribution in [0.25, 0.3) is 0 Å². The van der Waals surface area contributed by atoms with Gasteiger partial charge in [0.1, 0.15) is 11.6 Å². The summed E-state index contributed by atoms with van der Waals surface area (Å²) >= 11 is 0. The first-order valence-corrected chi connectivity index (χ1v) is 6.80. The number of rotatable bonds is 3. The topological polar surface area (TPSA) is 20.2 Å². The third-order valence-corrected chi connectivity index (χ3v) is 3.85. The van der Waals surface area contributed by atoms with Gasteiger partial charge in [-0.25, -0.2) is 8.78 Å². The number of halogens is 2. The third-order valence-electron chi connectivity index (χ3n) is 3.85. The summed E-state index contributed by atoms with van der Waals surface area (Å²) in [7, 11) is 0. The second-order valence-electron chi connectivity index (χ2n) is 5.27. The second kappa shape index (κ2) is 6.28. The van der Waals surface area contributed by atoms with Gasteiger partial charge in [-0.3, -0.25) is 0 Å². The molecule has 100 valence electrons. The SMILES string of the molecule is OC(CC1CCCCCC1)c1ccc(F)cc1F. The molecule has 1 unspecified atom stereocenters. The van der Waals surface area contributed by atoms with E-state index in [2.05, 4.69) is 0 Å². The molecule has 3 heteroatoms. The summed E-state index contributed by atoms with van der Waals surface area (Å²) in [4.78, 5) is 0. The van der Waals surface area contributed by atoms with E-state index in [0.29, 0.717) is 12.3 Å². The maximum absolute atomic E-state index is 13.5. The predicted octanol–water partition coefficient (Wildman–Crippen LogP) is 4.36. The molecular formula is C15H20F2O. The lowest BCUT2D eigenvalue weighted by atomic mass is 9.91. The number of aliphatic hydroxyl groups excluding tert-OH is 1. The number of hydrogen-bond acceptors (Lipinski definition) is 1. The Bertz CT molecular complexity index is 384. The number of aliphatic hydroxyl groups is 1. The smallest absolute Gasteiger partial charge is 0.131 e. The molecule has 1 N–H and O–H groups in total. The molecule has 0 radical (unpaired) electrons. The third kappa shape index (κ3) is 3.52. The summed E-state index contributed by atoms with van der Waals surface area (Å²) < 4.78 is 26.3. The van der Waals surface area contributed by atoms with Crippen LogP contribution in [0.3, 0.4) is 0 Å². The van der Waals surface area contributed by atoms with Crippen LogP contribution in [-0.4, -0.2) is 5.11 Å². The highest BCUT2D eigenvalue weighted by Gasteiger charge is 2.20. The molecular weight excluding hydrogens is 234 g/mol. The summed E-state index contributed by atoms with van der Waals surface area (Å²) in [6, 6.07) is 3.40. The molecule has 0 spiro atoms. The zero-order valence-electron chi connectivity index (χ0n) is 10.5. The minimum Gasteiger partial charge on any atom is -0.388 e.